The van der Waals surface area contributed by atoms with Crippen molar-refractivity contribution < 1.29 is 14.6 Å². The molecule has 0 saturated heterocycles. The van der Waals surface area contributed by atoms with Crippen LogP contribution < -0.4 is 10.5 Å². The third kappa shape index (κ3) is 3.17. The molecule has 0 aliphatic rings. The normalized spacial score (nSPS) is 10.7. The summed E-state index contributed by atoms with van der Waals surface area (Å²) in [5.74, 6) is -0.450. The van der Waals surface area contributed by atoms with Gasteiger partial charge in [-0.3, -0.25) is 0 Å². The lowest BCUT2D eigenvalue weighted by Gasteiger charge is -2.06. The Morgan fingerprint density at radius 3 is 2.45 bits per heavy atom. The van der Waals surface area contributed by atoms with Gasteiger partial charge in [0.2, 0.25) is 0 Å². The van der Waals surface area contributed by atoms with Crippen molar-refractivity contribution in [2.24, 2.45) is 0 Å². The first-order valence-electron chi connectivity index (χ1n) is 6.05. The summed E-state index contributed by atoms with van der Waals surface area (Å²) in [6.07, 6.45) is 3.79. The van der Waals surface area contributed by atoms with Crippen LogP contribution in [0.2, 0.25) is 0 Å². The predicted molar refractivity (Wildman–Crippen MR) is 79.7 cm³/mol. The summed E-state index contributed by atoms with van der Waals surface area (Å²) in [5.41, 5.74) is 8.36. The molecular weight excluding hydrogens is 254 g/mol. The molecule has 0 saturated carbocycles. The molecule has 102 valence electrons. The van der Waals surface area contributed by atoms with Crippen LogP contribution in [0.25, 0.3) is 12.2 Å². The lowest BCUT2D eigenvalue weighted by molar-refractivity contribution is 0.0696. The number of methoxy groups -OCH3 is 1. The molecule has 0 aliphatic carbocycles. The van der Waals surface area contributed by atoms with Crippen molar-refractivity contribution in [3.63, 3.8) is 0 Å². The minimum atomic E-state index is -0.975. The Balaban J connectivity index is 2.28. The lowest BCUT2D eigenvalue weighted by atomic mass is 10.1. The average molecular weight is 269 g/mol. The zero-order valence-electron chi connectivity index (χ0n) is 11.0. The number of aromatic carboxylic acids is 1. The van der Waals surface area contributed by atoms with Crippen molar-refractivity contribution in [3.8, 4) is 5.75 Å². The lowest BCUT2D eigenvalue weighted by Crippen LogP contribution is -1.97. The predicted octanol–water partition coefficient (Wildman–Crippen LogP) is 3.15. The summed E-state index contributed by atoms with van der Waals surface area (Å²) in [6.45, 7) is 0. The molecule has 0 unspecified atom stereocenters. The molecule has 0 fully saturated rings. The van der Waals surface area contributed by atoms with E-state index in [1.807, 2.05) is 36.4 Å². The van der Waals surface area contributed by atoms with Gasteiger partial charge in [-0.15, -0.1) is 0 Å². The first-order valence-corrected chi connectivity index (χ1v) is 6.05. The number of carboxylic acids is 1. The highest BCUT2D eigenvalue weighted by Gasteiger charge is 2.06. The number of rotatable bonds is 4. The fraction of sp³-hybridized carbons (Fsp3) is 0.0625. The maximum Gasteiger partial charge on any atom is 0.335 e. The maximum absolute atomic E-state index is 10.9. The topological polar surface area (TPSA) is 72.5 Å². The van der Waals surface area contributed by atoms with Gasteiger partial charge >= 0.3 is 5.97 Å². The molecule has 0 amide bonds. The van der Waals surface area contributed by atoms with Gasteiger partial charge in [-0.1, -0.05) is 30.4 Å². The largest absolute Gasteiger partial charge is 0.496 e. The van der Waals surface area contributed by atoms with Crippen LogP contribution in [0.3, 0.4) is 0 Å². The first kappa shape index (κ1) is 13.7. The number of carboxylic acid groups (broad SMARTS) is 1. The zero-order valence-corrected chi connectivity index (χ0v) is 11.0. The zero-order chi connectivity index (χ0) is 14.5. The molecule has 3 N–H and O–H groups in total. The number of carbonyl (C=O) groups is 1. The number of benzene rings is 2. The van der Waals surface area contributed by atoms with Crippen LogP contribution in [0.4, 0.5) is 5.69 Å². The van der Waals surface area contributed by atoms with E-state index in [-0.39, 0.29) is 5.56 Å². The monoisotopic (exact) mass is 269 g/mol. The summed E-state index contributed by atoms with van der Waals surface area (Å²) >= 11 is 0. The van der Waals surface area contributed by atoms with E-state index in [4.69, 9.17) is 15.6 Å². The molecule has 4 nitrogen and oxygen atoms in total. The second-order valence-electron chi connectivity index (χ2n) is 4.26. The van der Waals surface area contributed by atoms with E-state index in [1.165, 1.54) is 13.2 Å². The Kier molecular flexibility index (Phi) is 4.05. The summed E-state index contributed by atoms with van der Waals surface area (Å²) < 4.78 is 5.21. The minimum Gasteiger partial charge on any atom is -0.496 e. The van der Waals surface area contributed by atoms with E-state index in [2.05, 4.69) is 0 Å². The minimum absolute atomic E-state index is 0.200. The van der Waals surface area contributed by atoms with Gasteiger partial charge in [0.15, 0.2) is 0 Å². The smallest absolute Gasteiger partial charge is 0.335 e. The molecule has 20 heavy (non-hydrogen) atoms. The first-order chi connectivity index (χ1) is 9.60. The van der Waals surface area contributed by atoms with Gasteiger partial charge in [-0.05, 0) is 29.8 Å². The summed E-state index contributed by atoms with van der Waals surface area (Å²) in [6, 6.07) is 12.2. The van der Waals surface area contributed by atoms with Crippen LogP contribution in [0.1, 0.15) is 21.5 Å². The van der Waals surface area contributed by atoms with Gasteiger partial charge < -0.3 is 15.6 Å². The van der Waals surface area contributed by atoms with Gasteiger partial charge in [0, 0.05) is 11.3 Å². The standard InChI is InChI=1S/C16H15NO3/c1-20-15-10-13(16(18)19)7-6-12(15)5-2-11-3-8-14(17)9-4-11/h2-10H,17H2,1H3,(H,18,19). The SMILES string of the molecule is COc1cc(C(=O)O)ccc1C=Cc1ccc(N)cc1. The van der Waals surface area contributed by atoms with Crippen molar-refractivity contribution >= 4 is 23.8 Å². The van der Waals surface area contributed by atoms with E-state index in [1.54, 1.807) is 12.1 Å². The van der Waals surface area contributed by atoms with Crippen LogP contribution >= 0.6 is 0 Å². The van der Waals surface area contributed by atoms with E-state index in [0.717, 1.165) is 11.1 Å². The third-order valence-electron chi connectivity index (χ3n) is 2.87. The molecule has 0 heterocycles. The summed E-state index contributed by atoms with van der Waals surface area (Å²) in [4.78, 5) is 10.9. The Bertz CT molecular complexity index is 645. The number of ether oxygens (including phenoxy) is 1. The number of hydrogen-bond donors (Lipinski definition) is 2. The second-order valence-corrected chi connectivity index (χ2v) is 4.26. The molecular formula is C16H15NO3. The third-order valence-corrected chi connectivity index (χ3v) is 2.87. The van der Waals surface area contributed by atoms with Gasteiger partial charge in [0.25, 0.3) is 0 Å². The van der Waals surface area contributed by atoms with Crippen molar-refractivity contribution in [1.82, 2.24) is 0 Å². The van der Waals surface area contributed by atoms with Crippen molar-refractivity contribution in [3.05, 3.63) is 59.2 Å². The molecule has 0 radical (unpaired) electrons. The highest BCUT2D eigenvalue weighted by molar-refractivity contribution is 5.89. The highest BCUT2D eigenvalue weighted by Crippen LogP contribution is 2.22. The van der Waals surface area contributed by atoms with Crippen LogP contribution in [0.15, 0.2) is 42.5 Å². The Morgan fingerprint density at radius 2 is 1.85 bits per heavy atom. The Hall–Kier alpha value is -2.75. The molecule has 0 spiro atoms. The average Bonchev–Trinajstić information content (AvgIpc) is 2.46. The fourth-order valence-corrected chi connectivity index (χ4v) is 1.77. The number of nitrogen functional groups attached to an aromatic ring is 1. The molecule has 0 aliphatic heterocycles. The van der Waals surface area contributed by atoms with Crippen molar-refractivity contribution in [2.75, 3.05) is 12.8 Å². The molecule has 4 heteroatoms. The van der Waals surface area contributed by atoms with Crippen LogP contribution in [0, 0.1) is 0 Å². The van der Waals surface area contributed by atoms with Crippen LogP contribution in [-0.2, 0) is 0 Å². The molecule has 0 atom stereocenters. The molecule has 0 bridgehead atoms. The number of anilines is 1. The van der Waals surface area contributed by atoms with E-state index in [0.29, 0.717) is 11.4 Å². The number of nitrogens with two attached hydrogens (primary N) is 1. The number of hydrogen-bond acceptors (Lipinski definition) is 3. The van der Waals surface area contributed by atoms with Gasteiger partial charge in [-0.25, -0.2) is 4.79 Å². The maximum atomic E-state index is 10.9. The van der Waals surface area contributed by atoms with E-state index in [9.17, 15) is 4.79 Å². The van der Waals surface area contributed by atoms with Gasteiger partial charge in [-0.2, -0.15) is 0 Å². The highest BCUT2D eigenvalue weighted by atomic mass is 16.5. The van der Waals surface area contributed by atoms with Crippen molar-refractivity contribution in [1.29, 1.82) is 0 Å². The molecule has 2 rings (SSSR count). The van der Waals surface area contributed by atoms with Gasteiger partial charge in [0.1, 0.15) is 5.75 Å². The van der Waals surface area contributed by atoms with Crippen LogP contribution in [0.5, 0.6) is 5.75 Å². The molecule has 2 aromatic rings. The Labute approximate surface area is 117 Å². The summed E-state index contributed by atoms with van der Waals surface area (Å²) in [7, 11) is 1.52. The van der Waals surface area contributed by atoms with E-state index < -0.39 is 5.97 Å². The summed E-state index contributed by atoms with van der Waals surface area (Å²) in [5, 5.41) is 8.94. The Morgan fingerprint density at radius 1 is 1.15 bits per heavy atom. The van der Waals surface area contributed by atoms with Crippen molar-refractivity contribution in [2.45, 2.75) is 0 Å². The van der Waals surface area contributed by atoms with Gasteiger partial charge in [0.05, 0.1) is 12.7 Å². The second kappa shape index (κ2) is 5.93. The van der Waals surface area contributed by atoms with E-state index >= 15 is 0 Å². The fourth-order valence-electron chi connectivity index (χ4n) is 1.77. The van der Waals surface area contributed by atoms with Crippen LogP contribution in [-0.4, -0.2) is 18.2 Å². The molecule has 2 aromatic carbocycles. The quantitative estimate of drug-likeness (QED) is 0.660. The molecule has 0 aromatic heterocycles.